The molecule has 1 aromatic carbocycles. The highest BCUT2D eigenvalue weighted by molar-refractivity contribution is 9.11. The second-order valence-electron chi connectivity index (χ2n) is 3.69. The van der Waals surface area contributed by atoms with Gasteiger partial charge in [0.15, 0.2) is 0 Å². The minimum Gasteiger partial charge on any atom is -0.399 e. The average molecular weight is 331 g/mol. The summed E-state index contributed by atoms with van der Waals surface area (Å²) in [5.74, 6) is -0.0574. The van der Waals surface area contributed by atoms with E-state index in [4.69, 9.17) is 17.3 Å². The van der Waals surface area contributed by atoms with Crippen molar-refractivity contribution in [3.05, 3.63) is 49.1 Å². The van der Waals surface area contributed by atoms with E-state index in [-0.39, 0.29) is 5.78 Å². The highest BCUT2D eigenvalue weighted by atomic mass is 79.9. The van der Waals surface area contributed by atoms with Crippen LogP contribution in [-0.2, 0) is 0 Å². The maximum absolute atomic E-state index is 12.2. The number of hydrogen-bond donors (Lipinski definition) is 1. The first kappa shape index (κ1) is 12.6. The number of carbonyl (C=O) groups excluding carboxylic acids is 1. The van der Waals surface area contributed by atoms with Crippen LogP contribution in [0, 0.1) is 6.92 Å². The molecular formula is C12H9BrClNOS. The molecule has 0 atom stereocenters. The monoisotopic (exact) mass is 329 g/mol. The van der Waals surface area contributed by atoms with Gasteiger partial charge >= 0.3 is 0 Å². The molecule has 0 saturated carbocycles. The van der Waals surface area contributed by atoms with Crippen LogP contribution in [-0.4, -0.2) is 5.78 Å². The van der Waals surface area contributed by atoms with Crippen LogP contribution in [0.25, 0.3) is 0 Å². The number of nitrogens with two attached hydrogens (primary N) is 1. The molecule has 0 fully saturated rings. The second kappa shape index (κ2) is 4.80. The van der Waals surface area contributed by atoms with Gasteiger partial charge in [-0.05, 0) is 52.7 Å². The van der Waals surface area contributed by atoms with E-state index in [1.807, 2.05) is 19.1 Å². The summed E-state index contributed by atoms with van der Waals surface area (Å²) in [6, 6.07) is 6.99. The Morgan fingerprint density at radius 1 is 1.35 bits per heavy atom. The number of halogens is 2. The fourth-order valence-corrected chi connectivity index (χ4v) is 3.21. The van der Waals surface area contributed by atoms with Gasteiger partial charge in [0.2, 0.25) is 5.78 Å². The molecule has 2 aromatic rings. The predicted molar refractivity (Wildman–Crippen MR) is 76.1 cm³/mol. The lowest BCUT2D eigenvalue weighted by atomic mass is 10.1. The minimum atomic E-state index is -0.0574. The fourth-order valence-electron chi connectivity index (χ4n) is 1.54. The summed E-state index contributed by atoms with van der Waals surface area (Å²) in [5, 5.41) is 0.555. The number of nitrogen functional groups attached to an aromatic ring is 1. The summed E-state index contributed by atoms with van der Waals surface area (Å²) in [7, 11) is 0. The molecule has 0 unspecified atom stereocenters. The van der Waals surface area contributed by atoms with Gasteiger partial charge in [-0.1, -0.05) is 11.6 Å². The van der Waals surface area contributed by atoms with Crippen LogP contribution >= 0.6 is 38.9 Å². The summed E-state index contributed by atoms with van der Waals surface area (Å²) in [4.78, 5) is 12.8. The van der Waals surface area contributed by atoms with Crippen molar-refractivity contribution in [3.63, 3.8) is 0 Å². The van der Waals surface area contributed by atoms with Gasteiger partial charge in [0.25, 0.3) is 0 Å². The molecule has 0 saturated heterocycles. The third kappa shape index (κ3) is 2.70. The number of thiophene rings is 1. The number of ketones is 1. The summed E-state index contributed by atoms with van der Waals surface area (Å²) in [6.45, 7) is 1.91. The van der Waals surface area contributed by atoms with Crippen molar-refractivity contribution >= 4 is 50.3 Å². The van der Waals surface area contributed by atoms with Gasteiger partial charge in [0.1, 0.15) is 0 Å². The zero-order chi connectivity index (χ0) is 12.6. The number of aryl methyl sites for hydroxylation is 1. The van der Waals surface area contributed by atoms with E-state index in [2.05, 4.69) is 15.9 Å². The van der Waals surface area contributed by atoms with Crippen LogP contribution in [0.2, 0.25) is 5.02 Å². The van der Waals surface area contributed by atoms with E-state index in [1.54, 1.807) is 12.1 Å². The van der Waals surface area contributed by atoms with Crippen LogP contribution in [0.1, 0.15) is 20.8 Å². The molecule has 0 spiro atoms. The van der Waals surface area contributed by atoms with E-state index in [1.165, 1.54) is 11.3 Å². The molecule has 88 valence electrons. The van der Waals surface area contributed by atoms with Crippen molar-refractivity contribution in [2.45, 2.75) is 6.92 Å². The summed E-state index contributed by atoms with van der Waals surface area (Å²) in [6.07, 6.45) is 0. The molecular weight excluding hydrogens is 322 g/mol. The molecule has 0 aliphatic heterocycles. The summed E-state index contributed by atoms with van der Waals surface area (Å²) >= 11 is 10.5. The molecule has 1 heterocycles. The first-order valence-corrected chi connectivity index (χ1v) is 6.83. The maximum Gasteiger partial charge on any atom is 0.203 e. The van der Waals surface area contributed by atoms with Crippen LogP contribution in [0.15, 0.2) is 28.1 Å². The van der Waals surface area contributed by atoms with Gasteiger partial charge in [-0.15, -0.1) is 11.3 Å². The van der Waals surface area contributed by atoms with Crippen molar-refractivity contribution in [2.75, 3.05) is 5.73 Å². The molecule has 17 heavy (non-hydrogen) atoms. The van der Waals surface area contributed by atoms with Gasteiger partial charge in [0, 0.05) is 11.3 Å². The highest BCUT2D eigenvalue weighted by Crippen LogP contribution is 2.33. The quantitative estimate of drug-likeness (QED) is 0.659. The number of benzene rings is 1. The molecule has 1 aromatic heterocycles. The zero-order valence-corrected chi connectivity index (χ0v) is 12.1. The van der Waals surface area contributed by atoms with E-state index < -0.39 is 0 Å². The third-order valence-electron chi connectivity index (χ3n) is 2.23. The third-order valence-corrected chi connectivity index (χ3v) is 4.70. The zero-order valence-electron chi connectivity index (χ0n) is 8.96. The molecule has 0 bridgehead atoms. The second-order valence-corrected chi connectivity index (χ2v) is 6.47. The lowest BCUT2D eigenvalue weighted by Gasteiger charge is -2.02. The van der Waals surface area contributed by atoms with Crippen LogP contribution in [0.5, 0.6) is 0 Å². The Morgan fingerprint density at radius 2 is 2.06 bits per heavy atom. The van der Waals surface area contributed by atoms with Gasteiger partial charge < -0.3 is 5.73 Å². The van der Waals surface area contributed by atoms with E-state index >= 15 is 0 Å². The minimum absolute atomic E-state index is 0.0574. The van der Waals surface area contributed by atoms with Crippen molar-refractivity contribution < 1.29 is 4.79 Å². The number of hydrogen-bond acceptors (Lipinski definition) is 3. The molecule has 0 amide bonds. The molecule has 0 radical (unpaired) electrons. The van der Waals surface area contributed by atoms with Crippen molar-refractivity contribution in [1.29, 1.82) is 0 Å². The smallest absolute Gasteiger partial charge is 0.203 e. The Balaban J connectivity index is 2.43. The SMILES string of the molecule is Cc1cc(N)cc(C(=O)c2cc(Cl)c(Br)s2)c1. The average Bonchev–Trinajstić information content (AvgIpc) is 2.57. The Kier molecular flexibility index (Phi) is 3.56. The lowest BCUT2D eigenvalue weighted by Crippen LogP contribution is -2.00. The Bertz CT molecular complexity index is 554. The normalized spacial score (nSPS) is 10.5. The van der Waals surface area contributed by atoms with E-state index in [0.717, 1.165) is 9.35 Å². The number of carbonyl (C=O) groups is 1. The maximum atomic E-state index is 12.2. The Hall–Kier alpha value is -0.840. The van der Waals surface area contributed by atoms with E-state index in [9.17, 15) is 4.79 Å². The van der Waals surface area contributed by atoms with Crippen molar-refractivity contribution in [3.8, 4) is 0 Å². The van der Waals surface area contributed by atoms with Crippen LogP contribution in [0.3, 0.4) is 0 Å². The molecule has 0 aliphatic carbocycles. The first-order valence-electron chi connectivity index (χ1n) is 4.84. The number of anilines is 1. The molecule has 2 rings (SSSR count). The molecule has 0 aliphatic rings. The van der Waals surface area contributed by atoms with Gasteiger partial charge in [-0.25, -0.2) is 0 Å². The van der Waals surface area contributed by atoms with Crippen molar-refractivity contribution in [1.82, 2.24) is 0 Å². The van der Waals surface area contributed by atoms with Gasteiger partial charge in [-0.3, -0.25) is 4.79 Å². The largest absolute Gasteiger partial charge is 0.399 e. The molecule has 2 N–H and O–H groups in total. The highest BCUT2D eigenvalue weighted by Gasteiger charge is 2.14. The lowest BCUT2D eigenvalue weighted by molar-refractivity contribution is 0.104. The van der Waals surface area contributed by atoms with Crippen LogP contribution in [0.4, 0.5) is 5.69 Å². The Labute approximate surface area is 117 Å². The summed E-state index contributed by atoms with van der Waals surface area (Å²) in [5.41, 5.74) is 7.88. The van der Waals surface area contributed by atoms with Gasteiger partial charge in [0.05, 0.1) is 13.7 Å². The topological polar surface area (TPSA) is 43.1 Å². The molecule has 5 heteroatoms. The predicted octanol–water partition coefficient (Wildman–Crippen LogP) is 4.29. The first-order chi connectivity index (χ1) is 7.97. The number of rotatable bonds is 2. The Morgan fingerprint density at radius 3 is 2.59 bits per heavy atom. The fraction of sp³-hybridized carbons (Fsp3) is 0.0833. The standard InChI is InChI=1S/C12H9BrClNOS/c1-6-2-7(4-8(15)3-6)11(16)10-5-9(14)12(13)17-10/h2-5H,15H2,1H3. The van der Waals surface area contributed by atoms with Crippen LogP contribution < -0.4 is 5.73 Å². The van der Waals surface area contributed by atoms with Gasteiger partial charge in [-0.2, -0.15) is 0 Å². The molecule has 2 nitrogen and oxygen atoms in total. The van der Waals surface area contributed by atoms with E-state index in [0.29, 0.717) is 21.2 Å². The summed E-state index contributed by atoms with van der Waals surface area (Å²) < 4.78 is 0.767. The van der Waals surface area contributed by atoms with Crippen molar-refractivity contribution in [2.24, 2.45) is 0 Å².